The van der Waals surface area contributed by atoms with Crippen LogP contribution in [-0.4, -0.2) is 70.1 Å². The number of carbonyl (C=O) groups is 1. The minimum atomic E-state index is -0.460. The smallest absolute Gasteiger partial charge is 0.410 e. The molecule has 34 heavy (non-hydrogen) atoms. The summed E-state index contributed by atoms with van der Waals surface area (Å²) in [5.74, 6) is 0.377. The quantitative estimate of drug-likeness (QED) is 0.625. The summed E-state index contributed by atoms with van der Waals surface area (Å²) < 4.78 is 27.6. The average molecular weight is 473 g/mol. The molecule has 1 aromatic carbocycles. The van der Waals surface area contributed by atoms with Crippen molar-refractivity contribution in [1.82, 2.24) is 19.6 Å². The molecular weight excluding hydrogens is 435 g/mol. The van der Waals surface area contributed by atoms with Gasteiger partial charge in [-0.25, -0.2) is 13.9 Å². The van der Waals surface area contributed by atoms with Crippen molar-refractivity contribution in [3.63, 3.8) is 0 Å². The molecule has 2 fully saturated rings. The molecule has 7 nitrogen and oxygen atoms in total. The Morgan fingerprint density at radius 1 is 1.12 bits per heavy atom. The van der Waals surface area contributed by atoms with Gasteiger partial charge in [0.1, 0.15) is 5.60 Å². The highest BCUT2D eigenvalue weighted by atomic mass is 19.1. The highest BCUT2D eigenvalue weighted by Gasteiger charge is 2.31. The summed E-state index contributed by atoms with van der Waals surface area (Å²) in [6.45, 7) is 11.4. The first kappa shape index (κ1) is 24.5. The second-order valence-corrected chi connectivity index (χ2v) is 10.6. The van der Waals surface area contributed by atoms with Crippen molar-refractivity contribution in [2.75, 3.05) is 32.8 Å². The van der Waals surface area contributed by atoms with Crippen molar-refractivity contribution in [2.24, 2.45) is 5.92 Å². The van der Waals surface area contributed by atoms with Gasteiger partial charge in [0.2, 0.25) is 0 Å². The van der Waals surface area contributed by atoms with Crippen molar-refractivity contribution in [2.45, 2.75) is 65.0 Å². The van der Waals surface area contributed by atoms with Crippen LogP contribution in [0.2, 0.25) is 0 Å². The molecule has 2 heterocycles. The maximum Gasteiger partial charge on any atom is 0.410 e. The number of piperazine rings is 1. The zero-order valence-corrected chi connectivity index (χ0v) is 20.8. The third kappa shape index (κ3) is 6.29. The van der Waals surface area contributed by atoms with E-state index in [2.05, 4.69) is 10.00 Å². The normalized spacial score (nSPS) is 22.0. The molecule has 1 saturated carbocycles. The third-order valence-corrected chi connectivity index (χ3v) is 6.66. The van der Waals surface area contributed by atoms with Crippen LogP contribution >= 0.6 is 0 Å². The van der Waals surface area contributed by atoms with Crippen molar-refractivity contribution in [3.05, 3.63) is 42.0 Å². The summed E-state index contributed by atoms with van der Waals surface area (Å²) in [5.41, 5.74) is 1.25. The standard InChI is InChI=1S/C26H37FN4O3/c1-19-16-28-31(17-19)22-9-10-24(23(27)15-22)33-18-20-5-7-21(8-6-20)29-11-13-30(14-12-29)25(32)34-26(2,3)4/h9-10,15-17,20-21H,5-8,11-14,18H2,1-4H3/t20-,21-. The summed E-state index contributed by atoms with van der Waals surface area (Å²) in [5, 5.41) is 4.23. The zero-order chi connectivity index (χ0) is 24.3. The number of carbonyl (C=O) groups excluding carboxylic acids is 1. The van der Waals surface area contributed by atoms with Gasteiger partial charge in [0.25, 0.3) is 0 Å². The predicted molar refractivity (Wildman–Crippen MR) is 129 cm³/mol. The number of amides is 1. The molecule has 0 unspecified atom stereocenters. The van der Waals surface area contributed by atoms with E-state index in [1.807, 2.05) is 44.9 Å². The van der Waals surface area contributed by atoms with Crippen molar-refractivity contribution < 1.29 is 18.7 Å². The van der Waals surface area contributed by atoms with Crippen LogP contribution in [0.3, 0.4) is 0 Å². The SMILES string of the molecule is Cc1cnn(-c2ccc(OC[C@H]3CC[C@H](N4CCN(C(=O)OC(C)(C)C)CC4)CC3)c(F)c2)c1. The number of ether oxygens (including phenoxy) is 2. The number of halogens is 1. The van der Waals surface area contributed by atoms with Gasteiger partial charge in [-0.2, -0.15) is 5.10 Å². The van der Waals surface area contributed by atoms with Crippen LogP contribution in [0.25, 0.3) is 5.69 Å². The summed E-state index contributed by atoms with van der Waals surface area (Å²) in [4.78, 5) is 16.6. The van der Waals surface area contributed by atoms with Crippen molar-refractivity contribution in [3.8, 4) is 11.4 Å². The molecule has 0 spiro atoms. The van der Waals surface area contributed by atoms with E-state index in [1.165, 1.54) is 6.07 Å². The van der Waals surface area contributed by atoms with Crippen LogP contribution in [0, 0.1) is 18.7 Å². The van der Waals surface area contributed by atoms with Crippen LogP contribution in [0.5, 0.6) is 5.75 Å². The van der Waals surface area contributed by atoms with Gasteiger partial charge in [-0.05, 0) is 77.0 Å². The Kier molecular flexibility index (Phi) is 7.45. The molecular formula is C26H37FN4O3. The molecule has 1 aliphatic carbocycles. The second-order valence-electron chi connectivity index (χ2n) is 10.6. The van der Waals surface area contributed by atoms with Gasteiger partial charge < -0.3 is 14.4 Å². The van der Waals surface area contributed by atoms with E-state index in [0.717, 1.165) is 44.3 Å². The minimum absolute atomic E-state index is 0.215. The predicted octanol–water partition coefficient (Wildman–Crippen LogP) is 4.81. The summed E-state index contributed by atoms with van der Waals surface area (Å²) >= 11 is 0. The summed E-state index contributed by atoms with van der Waals surface area (Å²) in [6, 6.07) is 5.54. The molecule has 8 heteroatoms. The van der Waals surface area contributed by atoms with E-state index in [4.69, 9.17) is 9.47 Å². The Morgan fingerprint density at radius 3 is 2.41 bits per heavy atom. The molecule has 1 amide bonds. The zero-order valence-electron chi connectivity index (χ0n) is 20.8. The lowest BCUT2D eigenvalue weighted by Crippen LogP contribution is -2.53. The molecule has 0 bridgehead atoms. The van der Waals surface area contributed by atoms with Crippen LogP contribution in [0.1, 0.15) is 52.0 Å². The molecule has 0 radical (unpaired) electrons. The van der Waals surface area contributed by atoms with Gasteiger partial charge in [-0.1, -0.05) is 0 Å². The molecule has 2 aliphatic rings. The van der Waals surface area contributed by atoms with Gasteiger partial charge >= 0.3 is 6.09 Å². The van der Waals surface area contributed by atoms with E-state index in [1.54, 1.807) is 16.9 Å². The number of hydrogen-bond acceptors (Lipinski definition) is 5. The molecule has 4 rings (SSSR count). The fourth-order valence-corrected chi connectivity index (χ4v) is 4.78. The van der Waals surface area contributed by atoms with Gasteiger partial charge in [0.15, 0.2) is 11.6 Å². The number of rotatable bonds is 5. The summed E-state index contributed by atoms with van der Waals surface area (Å²) in [6.07, 6.45) is 7.77. The second kappa shape index (κ2) is 10.3. The number of hydrogen-bond donors (Lipinski definition) is 0. The Balaban J connectivity index is 1.20. The molecule has 186 valence electrons. The van der Waals surface area contributed by atoms with E-state index in [-0.39, 0.29) is 11.9 Å². The molecule has 1 saturated heterocycles. The third-order valence-electron chi connectivity index (χ3n) is 6.66. The fourth-order valence-electron chi connectivity index (χ4n) is 4.78. The Hall–Kier alpha value is -2.61. The largest absolute Gasteiger partial charge is 0.490 e. The first-order chi connectivity index (χ1) is 16.2. The monoisotopic (exact) mass is 472 g/mol. The molecule has 0 atom stereocenters. The highest BCUT2D eigenvalue weighted by Crippen LogP contribution is 2.30. The van der Waals surface area contributed by atoms with Crippen LogP contribution < -0.4 is 4.74 Å². The topological polar surface area (TPSA) is 59.8 Å². The van der Waals surface area contributed by atoms with E-state index in [9.17, 15) is 9.18 Å². The number of nitrogens with zero attached hydrogens (tertiary/aromatic N) is 4. The molecule has 1 aliphatic heterocycles. The highest BCUT2D eigenvalue weighted by molar-refractivity contribution is 5.68. The summed E-state index contributed by atoms with van der Waals surface area (Å²) in [7, 11) is 0. The average Bonchev–Trinajstić information content (AvgIpc) is 3.24. The Labute approximate surface area is 201 Å². The minimum Gasteiger partial charge on any atom is -0.490 e. The van der Waals surface area contributed by atoms with Crippen molar-refractivity contribution in [1.29, 1.82) is 0 Å². The van der Waals surface area contributed by atoms with E-state index >= 15 is 0 Å². The molecule has 2 aromatic rings. The Morgan fingerprint density at radius 2 is 1.82 bits per heavy atom. The van der Waals surface area contributed by atoms with Gasteiger partial charge in [0, 0.05) is 44.5 Å². The Bertz CT molecular complexity index is 971. The number of benzene rings is 1. The van der Waals surface area contributed by atoms with Gasteiger partial charge in [-0.3, -0.25) is 4.90 Å². The number of aryl methyl sites for hydroxylation is 1. The maximum absolute atomic E-state index is 14.6. The van der Waals surface area contributed by atoms with Crippen molar-refractivity contribution >= 4 is 6.09 Å². The lowest BCUT2D eigenvalue weighted by Gasteiger charge is -2.42. The van der Waals surface area contributed by atoms with E-state index in [0.29, 0.717) is 43.1 Å². The molecule has 1 aromatic heterocycles. The first-order valence-corrected chi connectivity index (χ1v) is 12.3. The van der Waals surface area contributed by atoms with Crippen LogP contribution in [0.4, 0.5) is 9.18 Å². The lowest BCUT2D eigenvalue weighted by molar-refractivity contribution is 0.00652. The van der Waals surface area contributed by atoms with Gasteiger partial charge in [0.05, 0.1) is 18.5 Å². The fraction of sp³-hybridized carbons (Fsp3) is 0.615. The maximum atomic E-state index is 14.6. The van der Waals surface area contributed by atoms with Gasteiger partial charge in [-0.15, -0.1) is 0 Å². The molecule has 0 N–H and O–H groups in total. The van der Waals surface area contributed by atoms with Crippen LogP contribution in [0.15, 0.2) is 30.6 Å². The van der Waals surface area contributed by atoms with E-state index < -0.39 is 5.60 Å². The number of aromatic nitrogens is 2. The lowest BCUT2D eigenvalue weighted by atomic mass is 9.85. The van der Waals surface area contributed by atoms with Crippen LogP contribution in [-0.2, 0) is 4.74 Å². The first-order valence-electron chi connectivity index (χ1n) is 12.3.